The predicted molar refractivity (Wildman–Crippen MR) is 41.7 cm³/mol. The van der Waals surface area contributed by atoms with Gasteiger partial charge >= 0.3 is 0 Å². The van der Waals surface area contributed by atoms with Crippen LogP contribution in [0.25, 0.3) is 0 Å². The van der Waals surface area contributed by atoms with Crippen LogP contribution in [0.2, 0.25) is 0 Å². The van der Waals surface area contributed by atoms with E-state index >= 15 is 0 Å². The Bertz CT molecular complexity index is 240. The highest BCUT2D eigenvalue weighted by Gasteiger charge is 2.12. The fourth-order valence-corrected chi connectivity index (χ4v) is 0.903. The van der Waals surface area contributed by atoms with E-state index in [0.29, 0.717) is 6.42 Å². The van der Waals surface area contributed by atoms with Crippen molar-refractivity contribution in [2.24, 2.45) is 5.92 Å². The summed E-state index contributed by atoms with van der Waals surface area (Å²) in [5, 5.41) is 8.80. The summed E-state index contributed by atoms with van der Waals surface area (Å²) in [4.78, 5) is 10.7. The summed E-state index contributed by atoms with van der Waals surface area (Å²) in [6.07, 6.45) is 3.19. The van der Waals surface area contributed by atoms with Crippen molar-refractivity contribution in [2.45, 2.75) is 19.4 Å². The number of aliphatic hydroxyl groups excluding tert-OH is 1. The van der Waals surface area contributed by atoms with Gasteiger partial charge in [-0.25, -0.2) is 0 Å². The first-order valence-corrected chi connectivity index (χ1v) is 3.58. The lowest BCUT2D eigenvalue weighted by atomic mass is 10.1. The van der Waals surface area contributed by atoms with E-state index in [9.17, 15) is 4.79 Å². The van der Waals surface area contributed by atoms with E-state index in [-0.39, 0.29) is 11.7 Å². The first-order chi connectivity index (χ1) is 5.18. The van der Waals surface area contributed by atoms with E-state index in [1.54, 1.807) is 19.1 Å². The molecule has 0 fully saturated rings. The average molecular weight is 150 g/mol. The van der Waals surface area contributed by atoms with Crippen molar-refractivity contribution in [2.75, 3.05) is 0 Å². The Balaban J connectivity index is 2.49. The monoisotopic (exact) mass is 150 g/mol. The molecular weight excluding hydrogens is 140 g/mol. The highest BCUT2D eigenvalue weighted by Crippen LogP contribution is 2.12. The standard InChI is InChI=1S/C9H10O2/c1-7(10)2-3-8-4-5-9(11)6-8/h4-5,7-8,10H,6H2,1H3. The molecule has 0 heterocycles. The van der Waals surface area contributed by atoms with Gasteiger partial charge in [0.05, 0.1) is 0 Å². The molecule has 0 bridgehead atoms. The van der Waals surface area contributed by atoms with Crippen LogP contribution >= 0.6 is 0 Å². The summed E-state index contributed by atoms with van der Waals surface area (Å²) in [5.41, 5.74) is 0. The molecule has 0 aliphatic heterocycles. The fraction of sp³-hybridized carbons (Fsp3) is 0.444. The number of carbonyl (C=O) groups excluding carboxylic acids is 1. The van der Waals surface area contributed by atoms with E-state index < -0.39 is 6.10 Å². The lowest BCUT2D eigenvalue weighted by Crippen LogP contribution is -1.97. The number of carbonyl (C=O) groups is 1. The number of rotatable bonds is 0. The minimum absolute atomic E-state index is 0.0251. The van der Waals surface area contributed by atoms with Crippen LogP contribution in [0.1, 0.15) is 13.3 Å². The maximum Gasteiger partial charge on any atom is 0.156 e. The molecule has 0 saturated heterocycles. The summed E-state index contributed by atoms with van der Waals surface area (Å²) in [6.45, 7) is 1.60. The lowest BCUT2D eigenvalue weighted by Gasteiger charge is -1.93. The SMILES string of the molecule is CC(O)C#CC1C=CC(=O)C1. The largest absolute Gasteiger partial charge is 0.381 e. The second kappa shape index (κ2) is 3.36. The van der Waals surface area contributed by atoms with Gasteiger partial charge in [0, 0.05) is 12.3 Å². The molecule has 0 radical (unpaired) electrons. The van der Waals surface area contributed by atoms with Gasteiger partial charge in [0.2, 0.25) is 0 Å². The Morgan fingerprint density at radius 1 is 1.82 bits per heavy atom. The molecule has 0 saturated carbocycles. The number of aliphatic hydroxyl groups is 1. The second-order valence-electron chi connectivity index (χ2n) is 2.60. The molecule has 1 N–H and O–H groups in total. The molecule has 1 aliphatic carbocycles. The quantitative estimate of drug-likeness (QED) is 0.511. The van der Waals surface area contributed by atoms with Crippen LogP contribution < -0.4 is 0 Å². The third kappa shape index (κ3) is 2.57. The van der Waals surface area contributed by atoms with Gasteiger partial charge in [0.15, 0.2) is 5.78 Å². The van der Waals surface area contributed by atoms with Crippen LogP contribution in [0.3, 0.4) is 0 Å². The van der Waals surface area contributed by atoms with Crippen molar-refractivity contribution in [3.63, 3.8) is 0 Å². The molecule has 0 aromatic rings. The Morgan fingerprint density at radius 3 is 3.00 bits per heavy atom. The first kappa shape index (κ1) is 8.03. The third-order valence-electron chi connectivity index (χ3n) is 1.41. The highest BCUT2D eigenvalue weighted by molar-refractivity contribution is 5.92. The fourth-order valence-electron chi connectivity index (χ4n) is 0.903. The van der Waals surface area contributed by atoms with Gasteiger partial charge in [-0.1, -0.05) is 17.9 Å². The van der Waals surface area contributed by atoms with Gasteiger partial charge in [-0.3, -0.25) is 4.79 Å². The molecule has 58 valence electrons. The van der Waals surface area contributed by atoms with Crippen molar-refractivity contribution in [3.05, 3.63) is 12.2 Å². The van der Waals surface area contributed by atoms with Gasteiger partial charge in [0.25, 0.3) is 0 Å². The van der Waals surface area contributed by atoms with E-state index in [1.807, 2.05) is 0 Å². The average Bonchev–Trinajstić information content (AvgIpc) is 2.31. The molecule has 1 aliphatic rings. The molecule has 11 heavy (non-hydrogen) atoms. The van der Waals surface area contributed by atoms with Crippen molar-refractivity contribution < 1.29 is 9.90 Å². The molecule has 2 heteroatoms. The lowest BCUT2D eigenvalue weighted by molar-refractivity contribution is -0.114. The van der Waals surface area contributed by atoms with E-state index in [1.165, 1.54) is 0 Å². The Kier molecular flexibility index (Phi) is 2.45. The zero-order chi connectivity index (χ0) is 8.27. The van der Waals surface area contributed by atoms with Gasteiger partial charge in [-0.15, -0.1) is 0 Å². The summed E-state index contributed by atoms with van der Waals surface area (Å²) < 4.78 is 0. The summed E-state index contributed by atoms with van der Waals surface area (Å²) in [5.74, 6) is 5.56. The molecule has 0 aromatic carbocycles. The van der Waals surface area contributed by atoms with Crippen LogP contribution in [-0.2, 0) is 4.79 Å². The van der Waals surface area contributed by atoms with Crippen molar-refractivity contribution in [3.8, 4) is 11.8 Å². The van der Waals surface area contributed by atoms with Crippen LogP contribution in [0, 0.1) is 17.8 Å². The normalized spacial score (nSPS) is 24.5. The maximum atomic E-state index is 10.7. The Morgan fingerprint density at radius 2 is 2.55 bits per heavy atom. The van der Waals surface area contributed by atoms with Crippen molar-refractivity contribution in [1.82, 2.24) is 0 Å². The molecule has 2 nitrogen and oxygen atoms in total. The smallest absolute Gasteiger partial charge is 0.156 e. The summed E-state index contributed by atoms with van der Waals surface area (Å²) >= 11 is 0. The minimum Gasteiger partial charge on any atom is -0.381 e. The highest BCUT2D eigenvalue weighted by atomic mass is 16.3. The van der Waals surface area contributed by atoms with Gasteiger partial charge in [-0.2, -0.15) is 0 Å². The predicted octanol–water partition coefficient (Wildman–Crippen LogP) is 0.516. The molecule has 1 rings (SSSR count). The first-order valence-electron chi connectivity index (χ1n) is 3.58. The van der Waals surface area contributed by atoms with Gasteiger partial charge in [-0.05, 0) is 13.0 Å². The van der Waals surface area contributed by atoms with Crippen molar-refractivity contribution in [1.29, 1.82) is 0 Å². The number of allylic oxidation sites excluding steroid dienone is 2. The van der Waals surface area contributed by atoms with Crippen LogP contribution in [0.4, 0.5) is 0 Å². The molecule has 0 aromatic heterocycles. The Labute approximate surface area is 65.9 Å². The summed E-state index contributed by atoms with van der Waals surface area (Å²) in [7, 11) is 0. The zero-order valence-corrected chi connectivity index (χ0v) is 6.37. The third-order valence-corrected chi connectivity index (χ3v) is 1.41. The molecular formula is C9H10O2. The Hall–Kier alpha value is -1.07. The molecule has 2 atom stereocenters. The van der Waals surface area contributed by atoms with Crippen LogP contribution in [0.15, 0.2) is 12.2 Å². The van der Waals surface area contributed by atoms with Crippen LogP contribution in [0.5, 0.6) is 0 Å². The second-order valence-corrected chi connectivity index (χ2v) is 2.60. The zero-order valence-electron chi connectivity index (χ0n) is 6.37. The van der Waals surface area contributed by atoms with E-state index in [0.717, 1.165) is 0 Å². The molecule has 2 unspecified atom stereocenters. The number of ketones is 1. The van der Waals surface area contributed by atoms with E-state index in [2.05, 4.69) is 11.8 Å². The van der Waals surface area contributed by atoms with Gasteiger partial charge < -0.3 is 5.11 Å². The van der Waals surface area contributed by atoms with E-state index in [4.69, 9.17) is 5.11 Å². The molecule has 0 amide bonds. The topological polar surface area (TPSA) is 37.3 Å². The van der Waals surface area contributed by atoms with Crippen LogP contribution in [-0.4, -0.2) is 17.0 Å². The number of hydrogen-bond acceptors (Lipinski definition) is 2. The van der Waals surface area contributed by atoms with Crippen molar-refractivity contribution >= 4 is 5.78 Å². The van der Waals surface area contributed by atoms with Gasteiger partial charge in [0.1, 0.15) is 6.10 Å². The molecule has 0 spiro atoms. The summed E-state index contributed by atoms with van der Waals surface area (Å²) in [6, 6.07) is 0. The minimum atomic E-state index is -0.598. The maximum absolute atomic E-state index is 10.7. The number of hydrogen-bond donors (Lipinski definition) is 1.